The molecule has 4 N–H and O–H groups in total. The number of anilines is 2. The lowest BCUT2D eigenvalue weighted by molar-refractivity contribution is 0.0996. The van der Waals surface area contributed by atoms with Crippen molar-refractivity contribution in [1.82, 2.24) is 14.8 Å². The number of carbonyl (C=O) groups excluding carboxylic acids is 2. The number of aryl methyl sites for hydroxylation is 1. The van der Waals surface area contributed by atoms with E-state index in [0.29, 0.717) is 24.8 Å². The van der Waals surface area contributed by atoms with Crippen molar-refractivity contribution in [3.63, 3.8) is 0 Å². The quantitative estimate of drug-likeness (QED) is 0.230. The van der Waals surface area contributed by atoms with E-state index in [1.165, 1.54) is 11.8 Å². The third-order valence-electron chi connectivity index (χ3n) is 7.52. The lowest BCUT2D eigenvalue weighted by Crippen LogP contribution is -2.49. The molecule has 45 heavy (non-hydrogen) atoms. The van der Waals surface area contributed by atoms with Gasteiger partial charge in [-0.2, -0.15) is 0 Å². The number of hydrogen-bond donors (Lipinski definition) is 3. The predicted molar refractivity (Wildman–Crippen MR) is 172 cm³/mol. The van der Waals surface area contributed by atoms with Gasteiger partial charge in [0.05, 0.1) is 17.5 Å². The molecule has 0 spiro atoms. The number of benzene rings is 2. The number of nitrogens with two attached hydrogens (primary N) is 1. The highest BCUT2D eigenvalue weighted by Crippen LogP contribution is 2.29. The van der Waals surface area contributed by atoms with Crippen LogP contribution in [-0.2, 0) is 16.6 Å². The summed E-state index contributed by atoms with van der Waals surface area (Å²) >= 11 is 1.49. The smallest absolute Gasteiger partial charge is 0.322 e. The Morgan fingerprint density at radius 3 is 2.38 bits per heavy atom. The van der Waals surface area contributed by atoms with Gasteiger partial charge in [0, 0.05) is 54.6 Å². The number of nitrogens with zero attached hydrogens (tertiary/aromatic N) is 3. The van der Waals surface area contributed by atoms with Crippen LogP contribution >= 0.6 is 11.8 Å². The molecule has 1 aliphatic rings. The molecule has 0 unspecified atom stereocenters. The number of urea groups is 1. The van der Waals surface area contributed by atoms with E-state index in [9.17, 15) is 26.8 Å². The third-order valence-corrected chi connectivity index (χ3v) is 9.07. The molecular formula is C31H38F2N6O4S2. The topological polar surface area (TPSA) is 138 Å². The normalized spacial score (nSPS) is 14.2. The molecule has 2 aromatic carbocycles. The van der Waals surface area contributed by atoms with E-state index in [0.717, 1.165) is 72.3 Å². The maximum atomic E-state index is 14.4. The monoisotopic (exact) mass is 660 g/mol. The number of nitrogens with one attached hydrogen (secondary N) is 2. The van der Waals surface area contributed by atoms with E-state index in [4.69, 9.17) is 10.7 Å². The summed E-state index contributed by atoms with van der Waals surface area (Å²) in [5.41, 5.74) is 6.92. The Morgan fingerprint density at radius 1 is 1.09 bits per heavy atom. The second-order valence-corrected chi connectivity index (χ2v) is 13.9. The summed E-state index contributed by atoms with van der Waals surface area (Å²) in [6.07, 6.45) is 4.19. The molecule has 3 aromatic rings. The van der Waals surface area contributed by atoms with Gasteiger partial charge in [0.1, 0.15) is 16.7 Å². The second-order valence-electron chi connectivity index (χ2n) is 11.1. The Morgan fingerprint density at radius 2 is 1.78 bits per heavy atom. The van der Waals surface area contributed by atoms with Crippen molar-refractivity contribution in [2.75, 3.05) is 35.9 Å². The van der Waals surface area contributed by atoms with Gasteiger partial charge in [0.2, 0.25) is 10.0 Å². The molecule has 1 fully saturated rings. The molecule has 14 heteroatoms. The molecule has 0 atom stereocenters. The number of amides is 3. The van der Waals surface area contributed by atoms with E-state index in [-0.39, 0.29) is 11.7 Å². The summed E-state index contributed by atoms with van der Waals surface area (Å²) in [6, 6.07) is 12.0. The number of piperidine rings is 1. The summed E-state index contributed by atoms with van der Waals surface area (Å²) in [5, 5.41) is 3.35. The first kappa shape index (κ1) is 34.1. The summed E-state index contributed by atoms with van der Waals surface area (Å²) < 4.78 is 53.7. The highest BCUT2D eigenvalue weighted by molar-refractivity contribution is 7.99. The molecule has 1 aromatic heterocycles. The minimum atomic E-state index is -3.33. The Bertz CT molecular complexity index is 1630. The van der Waals surface area contributed by atoms with Crippen molar-refractivity contribution < 1.29 is 26.8 Å². The maximum absolute atomic E-state index is 14.4. The summed E-state index contributed by atoms with van der Waals surface area (Å²) in [7, 11) is -3.33. The van der Waals surface area contributed by atoms with Crippen molar-refractivity contribution >= 4 is 45.1 Å². The van der Waals surface area contributed by atoms with Crippen LogP contribution in [0.2, 0.25) is 0 Å². The van der Waals surface area contributed by atoms with Crippen LogP contribution in [0.5, 0.6) is 0 Å². The van der Waals surface area contributed by atoms with Gasteiger partial charge in [0.25, 0.3) is 5.91 Å². The third kappa shape index (κ3) is 9.62. The summed E-state index contributed by atoms with van der Waals surface area (Å²) in [5.74, 6) is -3.11. The molecule has 2 heterocycles. The first-order valence-corrected chi connectivity index (χ1v) is 17.3. The van der Waals surface area contributed by atoms with Gasteiger partial charge >= 0.3 is 6.03 Å². The Balaban J connectivity index is 1.35. The van der Waals surface area contributed by atoms with Gasteiger partial charge in [0.15, 0.2) is 0 Å². The van der Waals surface area contributed by atoms with E-state index < -0.39 is 39.2 Å². The molecule has 0 radical (unpaired) electrons. The Labute approximate surface area is 266 Å². The van der Waals surface area contributed by atoms with Crippen LogP contribution in [0.3, 0.4) is 0 Å². The lowest BCUT2D eigenvalue weighted by atomic mass is 10.0. The fraction of sp³-hybridized carbons (Fsp3) is 0.387. The fourth-order valence-electron chi connectivity index (χ4n) is 5.15. The van der Waals surface area contributed by atoms with E-state index in [2.05, 4.69) is 21.0 Å². The highest BCUT2D eigenvalue weighted by Gasteiger charge is 2.29. The molecule has 10 nitrogen and oxygen atoms in total. The van der Waals surface area contributed by atoms with Crippen molar-refractivity contribution in [2.24, 2.45) is 5.73 Å². The van der Waals surface area contributed by atoms with Crippen LogP contribution < -0.4 is 15.8 Å². The first-order chi connectivity index (χ1) is 21.3. The number of rotatable bonds is 12. The zero-order valence-corrected chi connectivity index (χ0v) is 27.1. The van der Waals surface area contributed by atoms with E-state index in [1.54, 1.807) is 17.0 Å². The van der Waals surface area contributed by atoms with Crippen LogP contribution in [0, 0.1) is 18.6 Å². The second kappa shape index (κ2) is 15.0. The first-order valence-electron chi connectivity index (χ1n) is 14.6. The molecule has 1 saturated heterocycles. The number of likely N-dealkylation sites (tertiary alicyclic amines) is 1. The molecule has 0 bridgehead atoms. The van der Waals surface area contributed by atoms with Crippen molar-refractivity contribution in [2.45, 2.75) is 62.0 Å². The van der Waals surface area contributed by atoms with Crippen LogP contribution in [0.1, 0.15) is 54.2 Å². The molecule has 0 saturated carbocycles. The van der Waals surface area contributed by atoms with Gasteiger partial charge in [-0.25, -0.2) is 27.0 Å². The van der Waals surface area contributed by atoms with Gasteiger partial charge < -0.3 is 16.0 Å². The Hall–Kier alpha value is -3.75. The fourth-order valence-corrected chi connectivity index (χ4v) is 6.54. The van der Waals surface area contributed by atoms with E-state index >= 15 is 0 Å². The largest absolute Gasteiger partial charge is 0.366 e. The number of hydrogen-bond acceptors (Lipinski definition) is 7. The molecule has 0 aliphatic carbocycles. The lowest BCUT2D eigenvalue weighted by Gasteiger charge is -2.38. The molecule has 1 aliphatic heterocycles. The number of carbonyl (C=O) groups is 2. The Kier molecular flexibility index (Phi) is 11.4. The van der Waals surface area contributed by atoms with Gasteiger partial charge in [-0.1, -0.05) is 31.2 Å². The van der Waals surface area contributed by atoms with Gasteiger partial charge in [-0.3, -0.25) is 14.4 Å². The zero-order valence-electron chi connectivity index (χ0n) is 25.5. The maximum Gasteiger partial charge on any atom is 0.322 e. The van der Waals surface area contributed by atoms with Gasteiger partial charge in [-0.05, 0) is 68.1 Å². The van der Waals surface area contributed by atoms with Crippen molar-refractivity contribution in [1.29, 1.82) is 0 Å². The zero-order chi connectivity index (χ0) is 32.7. The van der Waals surface area contributed by atoms with Crippen LogP contribution in [0.15, 0.2) is 58.5 Å². The van der Waals surface area contributed by atoms with E-state index in [1.807, 2.05) is 32.0 Å². The van der Waals surface area contributed by atoms with Crippen LogP contribution in [0.25, 0.3) is 0 Å². The minimum Gasteiger partial charge on any atom is -0.366 e. The SMILES string of the molecule is CCCCN(C(=O)Nc1cc(C(N)=O)c(F)cc1F)C1CCN(Cc2ccc(Sc3ccc(NS(C)(=O)=O)cc3)nc2C)CC1. The number of sulfonamides is 1. The standard InChI is InChI=1S/C31H38F2N6O4S2/c1-4-5-14-39(31(41)36-28-17-25(30(34)40)26(32)18-27(28)33)23-12-15-38(16-13-23)19-21-6-11-29(35-20(21)2)44-24-9-7-22(8-10-24)37-45(3,42)43/h6-11,17-18,23,37H,4-5,12-16,19H2,1-3H3,(H2,34,40)(H,36,41). The highest BCUT2D eigenvalue weighted by atomic mass is 32.2. The molecule has 4 rings (SSSR count). The van der Waals surface area contributed by atoms with Crippen LogP contribution in [-0.4, -0.2) is 67.1 Å². The van der Waals surface area contributed by atoms with Crippen molar-refractivity contribution in [3.05, 3.63) is 77.0 Å². The summed E-state index contributed by atoms with van der Waals surface area (Å²) in [4.78, 5) is 34.5. The number of pyridine rings is 1. The predicted octanol–water partition coefficient (Wildman–Crippen LogP) is 5.59. The average molecular weight is 661 g/mol. The molecular weight excluding hydrogens is 623 g/mol. The number of halogens is 2. The number of aromatic nitrogens is 1. The minimum absolute atomic E-state index is 0.0658. The molecule has 3 amide bonds. The number of primary amides is 1. The van der Waals surface area contributed by atoms with Crippen molar-refractivity contribution in [3.8, 4) is 0 Å². The summed E-state index contributed by atoms with van der Waals surface area (Å²) in [6.45, 7) is 6.69. The molecule has 242 valence electrons. The average Bonchev–Trinajstić information content (AvgIpc) is 2.97. The van der Waals surface area contributed by atoms with Gasteiger partial charge in [-0.15, -0.1) is 0 Å². The van der Waals surface area contributed by atoms with Crippen LogP contribution in [0.4, 0.5) is 25.0 Å². The number of unbranched alkanes of at least 4 members (excludes halogenated alkanes) is 1.